The van der Waals surface area contributed by atoms with E-state index in [1.807, 2.05) is 43.3 Å². The van der Waals surface area contributed by atoms with Gasteiger partial charge >= 0.3 is 7.05 Å². The monoisotopic (exact) mass is 283 g/mol. The highest BCUT2D eigenvalue weighted by Crippen LogP contribution is 2.10. The first-order valence-corrected chi connectivity index (χ1v) is 7.68. The summed E-state index contributed by atoms with van der Waals surface area (Å²) in [7, 11) is -0.564. The molecule has 1 aromatic carbocycles. The average molecular weight is 283 g/mol. The van der Waals surface area contributed by atoms with Gasteiger partial charge in [-0.05, 0) is 43.8 Å². The minimum Gasteiger partial charge on any atom is -0.433 e. The standard InChI is InChI=1S/C18H26BNO/c1-3-11-17(12-4-2)13-7-6-10-16-20-19(21)18-14-8-5-9-15-18/h3-5,8-9,11-12,14-15,20-21H,1,6-7,10,13,16H2,2H3/b12-4-,17-11+. The summed E-state index contributed by atoms with van der Waals surface area (Å²) in [5, 5.41) is 13.1. The Bertz CT molecular complexity index is 454. The highest BCUT2D eigenvalue weighted by atomic mass is 16.2. The van der Waals surface area contributed by atoms with Gasteiger partial charge in [-0.15, -0.1) is 0 Å². The first kappa shape index (κ1) is 17.5. The summed E-state index contributed by atoms with van der Waals surface area (Å²) in [5.41, 5.74) is 2.24. The topological polar surface area (TPSA) is 32.3 Å². The van der Waals surface area contributed by atoms with E-state index in [1.54, 1.807) is 0 Å². The molecule has 0 fully saturated rings. The number of allylic oxidation sites excluding steroid dienone is 5. The Morgan fingerprint density at radius 3 is 2.67 bits per heavy atom. The van der Waals surface area contributed by atoms with Crippen molar-refractivity contribution in [2.75, 3.05) is 6.54 Å². The molecule has 0 heterocycles. The average Bonchev–Trinajstić information content (AvgIpc) is 2.51. The highest BCUT2D eigenvalue weighted by Gasteiger charge is 2.12. The van der Waals surface area contributed by atoms with Crippen molar-refractivity contribution in [2.45, 2.75) is 32.6 Å². The molecule has 0 aliphatic carbocycles. The minimum atomic E-state index is -0.564. The van der Waals surface area contributed by atoms with Crippen molar-refractivity contribution in [3.8, 4) is 0 Å². The molecule has 0 spiro atoms. The molecule has 2 N–H and O–H groups in total. The molecule has 0 aromatic heterocycles. The van der Waals surface area contributed by atoms with Crippen molar-refractivity contribution in [1.82, 2.24) is 5.23 Å². The van der Waals surface area contributed by atoms with Crippen LogP contribution in [0.4, 0.5) is 0 Å². The molecule has 0 saturated heterocycles. The summed E-state index contributed by atoms with van der Waals surface area (Å²) in [4.78, 5) is 0. The van der Waals surface area contributed by atoms with E-state index >= 15 is 0 Å². The van der Waals surface area contributed by atoms with Gasteiger partial charge in [-0.25, -0.2) is 0 Å². The second-order valence-electron chi connectivity index (χ2n) is 5.06. The van der Waals surface area contributed by atoms with Crippen LogP contribution in [-0.4, -0.2) is 18.6 Å². The summed E-state index contributed by atoms with van der Waals surface area (Å²) in [5.74, 6) is 0. The third kappa shape index (κ3) is 7.69. The number of unbranched alkanes of at least 4 members (excludes halogenated alkanes) is 2. The van der Waals surface area contributed by atoms with Crippen LogP contribution in [0.1, 0.15) is 32.6 Å². The van der Waals surface area contributed by atoms with Crippen molar-refractivity contribution >= 4 is 12.5 Å². The van der Waals surface area contributed by atoms with E-state index < -0.39 is 7.05 Å². The lowest BCUT2D eigenvalue weighted by molar-refractivity contribution is 0.553. The second-order valence-corrected chi connectivity index (χ2v) is 5.06. The fourth-order valence-corrected chi connectivity index (χ4v) is 2.21. The molecule has 2 nitrogen and oxygen atoms in total. The van der Waals surface area contributed by atoms with E-state index in [2.05, 4.69) is 30.0 Å². The van der Waals surface area contributed by atoms with E-state index in [1.165, 1.54) is 5.57 Å². The van der Waals surface area contributed by atoms with E-state index in [0.29, 0.717) is 0 Å². The molecule has 21 heavy (non-hydrogen) atoms. The van der Waals surface area contributed by atoms with Crippen molar-refractivity contribution in [1.29, 1.82) is 0 Å². The SMILES string of the molecule is C=C/C=C(\C=C/C)CCCCCNB(O)c1ccccc1. The summed E-state index contributed by atoms with van der Waals surface area (Å²) >= 11 is 0. The molecule has 0 radical (unpaired) electrons. The molecule has 0 aliphatic rings. The van der Waals surface area contributed by atoms with Gasteiger partial charge < -0.3 is 10.3 Å². The van der Waals surface area contributed by atoms with Gasteiger partial charge in [-0.1, -0.05) is 67.6 Å². The van der Waals surface area contributed by atoms with Crippen molar-refractivity contribution in [3.63, 3.8) is 0 Å². The molecule has 3 heteroatoms. The van der Waals surface area contributed by atoms with Crippen LogP contribution in [0.2, 0.25) is 0 Å². The van der Waals surface area contributed by atoms with Crippen LogP contribution < -0.4 is 10.7 Å². The van der Waals surface area contributed by atoms with Crippen LogP contribution in [0.5, 0.6) is 0 Å². The molecule has 0 amide bonds. The number of hydrogen-bond acceptors (Lipinski definition) is 2. The second kappa shape index (κ2) is 11.1. The molecule has 112 valence electrons. The zero-order chi connectivity index (χ0) is 15.3. The van der Waals surface area contributed by atoms with Crippen LogP contribution in [0, 0.1) is 0 Å². The smallest absolute Gasteiger partial charge is 0.413 e. The molecule has 0 saturated carbocycles. The van der Waals surface area contributed by atoms with Crippen LogP contribution in [0.3, 0.4) is 0 Å². The fourth-order valence-electron chi connectivity index (χ4n) is 2.21. The van der Waals surface area contributed by atoms with E-state index in [0.717, 1.165) is 37.7 Å². The Balaban J connectivity index is 2.14. The van der Waals surface area contributed by atoms with Gasteiger partial charge in [-0.2, -0.15) is 0 Å². The Kier molecular flexibility index (Phi) is 9.26. The summed E-state index contributed by atoms with van der Waals surface area (Å²) in [6.07, 6.45) is 12.6. The molecule has 1 aromatic rings. The van der Waals surface area contributed by atoms with E-state index in [9.17, 15) is 5.02 Å². The Labute approximate surface area is 129 Å². The third-order valence-corrected chi connectivity index (χ3v) is 3.31. The zero-order valence-electron chi connectivity index (χ0n) is 13.0. The van der Waals surface area contributed by atoms with Gasteiger partial charge in [0, 0.05) is 0 Å². The Hall–Kier alpha value is -1.58. The minimum absolute atomic E-state index is 0.564. The number of benzene rings is 1. The summed E-state index contributed by atoms with van der Waals surface area (Å²) in [6.45, 7) is 6.61. The number of rotatable bonds is 10. The maximum atomic E-state index is 9.96. The predicted molar refractivity (Wildman–Crippen MR) is 93.6 cm³/mol. The first-order chi connectivity index (χ1) is 10.3. The van der Waals surface area contributed by atoms with E-state index in [4.69, 9.17) is 0 Å². The highest BCUT2D eigenvalue weighted by molar-refractivity contribution is 6.63. The van der Waals surface area contributed by atoms with Gasteiger partial charge in [0.2, 0.25) is 0 Å². The maximum absolute atomic E-state index is 9.96. The lowest BCUT2D eigenvalue weighted by Gasteiger charge is -2.09. The van der Waals surface area contributed by atoms with Gasteiger partial charge in [0.15, 0.2) is 0 Å². The lowest BCUT2D eigenvalue weighted by Crippen LogP contribution is -2.45. The normalized spacial score (nSPS) is 11.8. The van der Waals surface area contributed by atoms with Gasteiger partial charge in [-0.3, -0.25) is 0 Å². The fraction of sp³-hybridized carbons (Fsp3) is 0.333. The van der Waals surface area contributed by atoms with Crippen molar-refractivity contribution in [2.24, 2.45) is 0 Å². The molecule has 0 atom stereocenters. The molecule has 1 rings (SSSR count). The number of nitrogens with one attached hydrogen (secondary N) is 1. The summed E-state index contributed by atoms with van der Waals surface area (Å²) in [6, 6.07) is 9.70. The van der Waals surface area contributed by atoms with Gasteiger partial charge in [0.1, 0.15) is 0 Å². The van der Waals surface area contributed by atoms with Gasteiger partial charge in [0.05, 0.1) is 0 Å². The molecule has 0 unspecified atom stereocenters. The van der Waals surface area contributed by atoms with Crippen LogP contribution in [-0.2, 0) is 0 Å². The summed E-state index contributed by atoms with van der Waals surface area (Å²) < 4.78 is 0. The zero-order valence-corrected chi connectivity index (χ0v) is 13.0. The van der Waals surface area contributed by atoms with Crippen molar-refractivity contribution in [3.05, 3.63) is 66.8 Å². The molecular formula is C18H26BNO. The van der Waals surface area contributed by atoms with E-state index in [-0.39, 0.29) is 0 Å². The maximum Gasteiger partial charge on any atom is 0.413 e. The molecule has 0 aliphatic heterocycles. The van der Waals surface area contributed by atoms with Crippen LogP contribution in [0.25, 0.3) is 0 Å². The largest absolute Gasteiger partial charge is 0.433 e. The Morgan fingerprint density at radius 1 is 1.24 bits per heavy atom. The first-order valence-electron chi connectivity index (χ1n) is 7.68. The Morgan fingerprint density at radius 2 is 2.00 bits per heavy atom. The van der Waals surface area contributed by atoms with Gasteiger partial charge in [0.25, 0.3) is 0 Å². The number of hydrogen-bond donors (Lipinski definition) is 2. The molecule has 0 bridgehead atoms. The predicted octanol–water partition coefficient (Wildman–Crippen LogP) is 3.21. The van der Waals surface area contributed by atoms with Crippen molar-refractivity contribution < 1.29 is 5.02 Å². The quantitative estimate of drug-likeness (QED) is 0.392. The third-order valence-electron chi connectivity index (χ3n) is 3.31. The van der Waals surface area contributed by atoms with Crippen LogP contribution >= 0.6 is 0 Å². The van der Waals surface area contributed by atoms with Crippen LogP contribution in [0.15, 0.2) is 66.8 Å². The lowest BCUT2D eigenvalue weighted by atomic mass is 9.74. The molecular weight excluding hydrogens is 257 g/mol.